The number of thioether (sulfide) groups is 2. The molecule has 0 aliphatic carbocycles. The summed E-state index contributed by atoms with van der Waals surface area (Å²) in [4.78, 5) is 81.9. The summed E-state index contributed by atoms with van der Waals surface area (Å²) < 4.78 is 7.88. The molecule has 0 N–H and O–H groups in total. The fourth-order valence-corrected chi connectivity index (χ4v) is 32.9. The molecule has 11 rings (SSSR count). The Bertz CT molecular complexity index is 5090. The summed E-state index contributed by atoms with van der Waals surface area (Å²) in [5.41, 5.74) is 8.78. The van der Waals surface area contributed by atoms with E-state index in [1.54, 1.807) is 9.80 Å². The maximum Gasteiger partial charge on any atom is 0.269 e. The van der Waals surface area contributed by atoms with E-state index in [9.17, 15) is 9.59 Å². The van der Waals surface area contributed by atoms with Crippen LogP contribution in [0.4, 0.5) is 0 Å². The van der Waals surface area contributed by atoms with Crippen LogP contribution in [0, 0.1) is 0 Å². The van der Waals surface area contributed by atoms with Crippen molar-refractivity contribution in [3.63, 3.8) is 0 Å². The monoisotopic (exact) mass is 2010 g/mol. The minimum atomic E-state index is -0.0801. The van der Waals surface area contributed by atoms with E-state index in [0.717, 1.165) is 109 Å². The summed E-state index contributed by atoms with van der Waals surface area (Å²) in [6.07, 6.45) is 69.1. The number of amides is 2. The number of carbonyl (C=O) groups is 2. The van der Waals surface area contributed by atoms with Crippen LogP contribution in [0.1, 0.15) is 421 Å². The maximum absolute atomic E-state index is 15.0. The summed E-state index contributed by atoms with van der Waals surface area (Å²) in [5.74, 6) is -0.160. The molecule has 0 radical (unpaired) electrons. The molecule has 9 aromatic heterocycles. The zero-order chi connectivity index (χ0) is 92.6. The van der Waals surface area contributed by atoms with Crippen molar-refractivity contribution in [2.24, 2.45) is 0 Å². The Balaban J connectivity index is 1.01. The van der Waals surface area contributed by atoms with E-state index < -0.39 is 0 Å². The second-order valence-corrected chi connectivity index (χ2v) is 49.7. The number of nitrogens with zero attached hydrogens (tertiary/aromatic N) is 4. The molecule has 21 heteroatoms. The van der Waals surface area contributed by atoms with Gasteiger partial charge in [0.1, 0.15) is 27.8 Å². The van der Waals surface area contributed by atoms with Gasteiger partial charge in [0.2, 0.25) is 0 Å². The van der Waals surface area contributed by atoms with Gasteiger partial charge in [-0.25, -0.2) is 0 Å². The smallest absolute Gasteiger partial charge is 0.269 e. The van der Waals surface area contributed by atoms with Crippen molar-refractivity contribution in [1.29, 1.82) is 0 Å². The van der Waals surface area contributed by atoms with Crippen molar-refractivity contribution in [1.82, 2.24) is 18.9 Å². The van der Waals surface area contributed by atoms with Crippen LogP contribution in [0.3, 0.4) is 0 Å². The number of hydrogen-bond acceptors (Lipinski definition) is 17. The molecule has 0 bridgehead atoms. The summed E-state index contributed by atoms with van der Waals surface area (Å²) >= 11 is 31.3. The van der Waals surface area contributed by atoms with E-state index >= 15 is 9.59 Å². The van der Waals surface area contributed by atoms with Crippen molar-refractivity contribution in [2.45, 2.75) is 429 Å². The van der Waals surface area contributed by atoms with Gasteiger partial charge in [0.05, 0.1) is 9.06 Å². The second-order valence-electron chi connectivity index (χ2n) is 36.9. The molecule has 0 atom stereocenters. The first kappa shape index (κ1) is 107. The third-order valence-electron chi connectivity index (χ3n) is 26.2. The Hall–Kier alpha value is -3.94. The fraction of sp³-hybridized carbons (Fsp3) is 0.618. The molecule has 11 heterocycles. The van der Waals surface area contributed by atoms with E-state index in [1.165, 1.54) is 395 Å². The number of hydrogen-bond donors (Lipinski definition) is 0. The third kappa shape index (κ3) is 31.3. The molecule has 718 valence electrons. The van der Waals surface area contributed by atoms with Crippen LogP contribution in [-0.4, -0.2) is 52.5 Å². The molecule has 0 spiro atoms. The summed E-state index contributed by atoms with van der Waals surface area (Å²) in [5, 5.41) is 0. The van der Waals surface area contributed by atoms with Crippen molar-refractivity contribution in [3.05, 3.63) is 131 Å². The number of unbranched alkanes of at least 4 members (excludes halogenated alkanes) is 40. The second kappa shape index (κ2) is 58.8. The highest BCUT2D eigenvalue weighted by atomic mass is 32.2. The van der Waals surface area contributed by atoms with Gasteiger partial charge in [0, 0.05) is 94.5 Å². The quantitative estimate of drug-likeness (QED) is 0.0275. The molecule has 9 aromatic rings. The van der Waals surface area contributed by atoms with Crippen LogP contribution < -0.4 is 29.5 Å². The number of thiophene rings is 7. The van der Waals surface area contributed by atoms with Gasteiger partial charge in [-0.15, -0.1) is 102 Å². The van der Waals surface area contributed by atoms with Gasteiger partial charge in [-0.3, -0.25) is 38.1 Å². The maximum atomic E-state index is 15.0. The molecule has 131 heavy (non-hydrogen) atoms. The predicted octanol–water partition coefficient (Wildman–Crippen LogP) is 34.3. The molecule has 2 aliphatic rings. The number of carbonyl (C=O) groups excluding carboxylic acids is 2. The first-order chi connectivity index (χ1) is 64.1. The Morgan fingerprint density at radius 1 is 0.260 bits per heavy atom. The van der Waals surface area contributed by atoms with Gasteiger partial charge in [-0.05, 0) is 198 Å². The number of aryl methyl sites for hydroxylation is 6. The van der Waals surface area contributed by atoms with Crippen LogP contribution in [0.5, 0.6) is 0 Å². The van der Waals surface area contributed by atoms with Crippen molar-refractivity contribution in [2.75, 3.05) is 13.1 Å². The van der Waals surface area contributed by atoms with Gasteiger partial charge >= 0.3 is 0 Å². The van der Waals surface area contributed by atoms with Crippen LogP contribution in [-0.2, 0) is 61.2 Å². The van der Waals surface area contributed by atoms with Crippen molar-refractivity contribution >= 4 is 192 Å². The van der Waals surface area contributed by atoms with Crippen molar-refractivity contribution in [3.8, 4) is 58.5 Å². The van der Waals surface area contributed by atoms with E-state index in [0.29, 0.717) is 53.7 Å². The van der Waals surface area contributed by atoms with E-state index in [4.69, 9.17) is 24.4 Å². The Kier molecular flexibility index (Phi) is 48.3. The highest BCUT2D eigenvalue weighted by Crippen LogP contribution is 2.53. The van der Waals surface area contributed by atoms with Crippen LogP contribution in [0.25, 0.3) is 80.5 Å². The Morgan fingerprint density at radius 2 is 0.489 bits per heavy atom. The van der Waals surface area contributed by atoms with E-state index in [1.807, 2.05) is 79.7 Å². The molecular formula is C110H156N4O4S13. The van der Waals surface area contributed by atoms with Crippen LogP contribution in [0.2, 0.25) is 0 Å². The number of aromatic nitrogens is 2. The Labute approximate surface area is 844 Å². The SMILES string of the molecule is CCCCCCCCc1cc(/C=c2\s/c(=C3\SC(=S)N(CC)C3=O)n(CCCCCCCC)c2=O)sc1-c1cc(CCCCCCCC)c(-c2cc(CCCCCCCC)c(-c3ccc(-c4sc(-c5sc(-c6sc(/C=c7\s/c(=C8/SC(=S)N(CC)C8=O)n(CCCCCCCC)c7=O)cc6CCCCCCCC)cc5CCCCCCCC)cc4CCCCCCCC)s3)s2)s1. The topological polar surface area (TPSA) is 84.6 Å². The van der Waals surface area contributed by atoms with Gasteiger partial charge in [0.25, 0.3) is 22.9 Å². The highest BCUT2D eigenvalue weighted by Gasteiger charge is 2.35. The standard InChI is InChI=1S/C110H156N4O4S13/c1-11-21-29-37-45-53-61-79-71-85(77-93-103(115)113(69-59-51-43-35-27-17-7)107(128-93)101-105(117)111(19-9)109(119)130-101)121-97(79)89-75-83(65-57-49-41-33-25-15-5)99(126-89)91-73-81(63-55-47-39-31-23-13-3)95(124-91)87-67-68-88(123-87)96-82(64-56-48-40-32-24-14-4)74-92(125-96)100-84(66-58-50-42-34-26-16-6)76-90(127-100)98-80(62-54-46-38-30-22-12-2)72-86(122-98)78-94-104(116)114(70-60-52-44-36-28-18-8)108(129-94)102-106(118)112(20-10)110(120)131-102/h67-68,71-78H,11-66,69-70H2,1-10H3/b93-77-,94-78-,107-101-,108-102+. The number of thiazole rings is 2. The molecule has 0 saturated carbocycles. The molecular weight excluding hydrogens is 1860 g/mol. The van der Waals surface area contributed by atoms with Gasteiger partial charge in [-0.2, -0.15) is 0 Å². The number of rotatable bonds is 66. The summed E-state index contributed by atoms with van der Waals surface area (Å²) in [6.45, 7) is 24.6. The number of thiocarbonyl (C=S) groups is 2. The Morgan fingerprint density at radius 3 is 0.740 bits per heavy atom. The zero-order valence-corrected chi connectivity index (χ0v) is 92.1. The first-order valence-electron chi connectivity index (χ1n) is 52.0. The van der Waals surface area contributed by atoms with Crippen LogP contribution >= 0.6 is 150 Å². The lowest BCUT2D eigenvalue weighted by atomic mass is 10.0. The molecule has 0 unspecified atom stereocenters. The zero-order valence-electron chi connectivity index (χ0n) is 81.5. The molecule has 2 fully saturated rings. The minimum Gasteiger partial charge on any atom is -0.298 e. The van der Waals surface area contributed by atoms with E-state index in [2.05, 4.69) is 139 Å². The molecule has 2 aliphatic heterocycles. The van der Waals surface area contributed by atoms with Gasteiger partial charge in [-0.1, -0.05) is 360 Å². The molecule has 2 saturated heterocycles. The lowest BCUT2D eigenvalue weighted by molar-refractivity contribution is -0.121. The average Bonchev–Trinajstić information content (AvgIpc) is 1.62. The van der Waals surface area contributed by atoms with Gasteiger partial charge < -0.3 is 0 Å². The average molecular weight is 2020 g/mol. The fourth-order valence-electron chi connectivity index (χ4n) is 18.5. The first-order valence-corrected chi connectivity index (χ1v) is 61.8. The summed E-state index contributed by atoms with van der Waals surface area (Å²) in [6, 6.07) is 20.4. The highest BCUT2D eigenvalue weighted by molar-refractivity contribution is 8.30. The molecule has 0 aromatic carbocycles. The summed E-state index contributed by atoms with van der Waals surface area (Å²) in [7, 11) is 0. The lowest BCUT2D eigenvalue weighted by Gasteiger charge is -2.09. The third-order valence-corrected chi connectivity index (χ3v) is 40.7. The lowest BCUT2D eigenvalue weighted by Crippen LogP contribution is -2.33. The normalized spacial score (nSPS) is 14.4. The van der Waals surface area contributed by atoms with Crippen LogP contribution in [0.15, 0.2) is 58.1 Å². The molecule has 2 amide bonds. The largest absolute Gasteiger partial charge is 0.298 e. The van der Waals surface area contributed by atoms with Gasteiger partial charge in [0.15, 0.2) is 0 Å². The molecule has 8 nitrogen and oxygen atoms in total. The predicted molar refractivity (Wildman–Crippen MR) is 598 cm³/mol. The van der Waals surface area contributed by atoms with E-state index in [-0.39, 0.29) is 22.9 Å². The van der Waals surface area contributed by atoms with Crippen molar-refractivity contribution < 1.29 is 9.59 Å². The minimum absolute atomic E-state index is 0.00467.